The van der Waals surface area contributed by atoms with Crippen LogP contribution in [0.5, 0.6) is 0 Å². The molecule has 3 heteroatoms. The molecule has 2 N–H and O–H groups in total. The number of carbonyl (C=O) groups is 1. The van der Waals surface area contributed by atoms with Crippen molar-refractivity contribution in [1.29, 1.82) is 0 Å². The van der Waals surface area contributed by atoms with Crippen LogP contribution in [0.1, 0.15) is 78.6 Å². The third-order valence-electron chi connectivity index (χ3n) is 4.19. The Labute approximate surface area is 167 Å². The summed E-state index contributed by atoms with van der Waals surface area (Å²) in [5.41, 5.74) is 0. The lowest BCUT2D eigenvalue weighted by atomic mass is 10.1. The summed E-state index contributed by atoms with van der Waals surface area (Å²) in [6.07, 6.45) is 27.1. The Balaban J connectivity index is 3.65. The van der Waals surface area contributed by atoms with Crippen LogP contribution in [-0.4, -0.2) is 23.7 Å². The lowest BCUT2D eigenvalue weighted by Gasteiger charge is -2.09. The molecule has 0 saturated carbocycles. The zero-order chi connectivity index (χ0) is 20.2. The van der Waals surface area contributed by atoms with Crippen LogP contribution in [-0.2, 0) is 4.79 Å². The van der Waals surface area contributed by atoms with Crippen molar-refractivity contribution in [2.24, 2.45) is 5.92 Å². The molecule has 154 valence electrons. The van der Waals surface area contributed by atoms with Crippen molar-refractivity contribution in [3.05, 3.63) is 48.6 Å². The topological polar surface area (TPSA) is 49.3 Å². The second-order valence-electron chi connectivity index (χ2n) is 7.17. The molecule has 0 aromatic rings. The van der Waals surface area contributed by atoms with E-state index in [9.17, 15) is 4.79 Å². The average molecular weight is 376 g/mol. The van der Waals surface area contributed by atoms with Crippen LogP contribution in [0.4, 0.5) is 0 Å². The van der Waals surface area contributed by atoms with E-state index < -0.39 is 0 Å². The summed E-state index contributed by atoms with van der Waals surface area (Å²) < 4.78 is 0. The summed E-state index contributed by atoms with van der Waals surface area (Å²) in [5, 5.41) is 11.6. The molecule has 0 radical (unpaired) electrons. The summed E-state index contributed by atoms with van der Waals surface area (Å²) >= 11 is 0. The Morgan fingerprint density at radius 3 is 2.22 bits per heavy atom. The minimum Gasteiger partial charge on any atom is -0.394 e. The maximum Gasteiger partial charge on any atom is 0.220 e. The highest BCUT2D eigenvalue weighted by Crippen LogP contribution is 2.05. The molecular weight excluding hydrogens is 334 g/mol. The third-order valence-corrected chi connectivity index (χ3v) is 4.19. The average Bonchev–Trinajstić information content (AvgIpc) is 2.65. The Hall–Kier alpha value is -1.61. The van der Waals surface area contributed by atoms with Gasteiger partial charge in [0.2, 0.25) is 5.91 Å². The highest BCUT2D eigenvalue weighted by molar-refractivity contribution is 5.76. The first kappa shape index (κ1) is 25.4. The van der Waals surface area contributed by atoms with Gasteiger partial charge in [0.05, 0.1) is 6.61 Å². The maximum atomic E-state index is 11.5. The molecule has 0 heterocycles. The monoisotopic (exact) mass is 375 g/mol. The fourth-order valence-electron chi connectivity index (χ4n) is 2.52. The van der Waals surface area contributed by atoms with E-state index in [4.69, 9.17) is 5.11 Å². The molecule has 0 unspecified atom stereocenters. The zero-order valence-electron chi connectivity index (χ0n) is 17.7. The molecule has 0 rings (SSSR count). The quantitative estimate of drug-likeness (QED) is 0.262. The van der Waals surface area contributed by atoms with Crippen molar-refractivity contribution < 1.29 is 9.90 Å². The minimum absolute atomic E-state index is 0.0121. The van der Waals surface area contributed by atoms with E-state index in [-0.39, 0.29) is 18.6 Å². The van der Waals surface area contributed by atoms with Gasteiger partial charge in [0, 0.05) is 12.5 Å². The maximum absolute atomic E-state index is 11.5. The molecule has 0 saturated heterocycles. The molecule has 0 bridgehead atoms. The van der Waals surface area contributed by atoms with E-state index in [1.54, 1.807) is 6.92 Å². The van der Waals surface area contributed by atoms with Gasteiger partial charge in [-0.1, -0.05) is 75.3 Å². The number of nitrogens with one attached hydrogen (secondary N) is 1. The second-order valence-corrected chi connectivity index (χ2v) is 7.17. The largest absolute Gasteiger partial charge is 0.394 e. The molecule has 0 spiro atoms. The Morgan fingerprint density at radius 2 is 1.52 bits per heavy atom. The summed E-state index contributed by atoms with van der Waals surface area (Å²) in [6, 6.07) is -0.156. The Kier molecular flexibility index (Phi) is 18.0. The van der Waals surface area contributed by atoms with Gasteiger partial charge in [-0.25, -0.2) is 0 Å². The van der Waals surface area contributed by atoms with Crippen LogP contribution < -0.4 is 5.32 Å². The smallest absolute Gasteiger partial charge is 0.220 e. The molecule has 3 nitrogen and oxygen atoms in total. The number of hydrogen-bond acceptors (Lipinski definition) is 2. The molecule has 0 fully saturated rings. The normalized spacial score (nSPS) is 14.7. The van der Waals surface area contributed by atoms with Gasteiger partial charge in [0.15, 0.2) is 0 Å². The number of aliphatic hydroxyl groups is 1. The number of rotatable bonds is 16. The Bertz CT molecular complexity index is 463. The highest BCUT2D eigenvalue weighted by Gasteiger charge is 2.04. The summed E-state index contributed by atoms with van der Waals surface area (Å²) in [5.74, 6) is 0.527. The van der Waals surface area contributed by atoms with Crippen molar-refractivity contribution in [3.8, 4) is 0 Å². The van der Waals surface area contributed by atoms with Crippen LogP contribution in [0.3, 0.4) is 0 Å². The van der Waals surface area contributed by atoms with E-state index in [1.165, 1.54) is 25.7 Å². The van der Waals surface area contributed by atoms with E-state index in [2.05, 4.69) is 67.8 Å². The predicted molar refractivity (Wildman–Crippen MR) is 118 cm³/mol. The number of carbonyl (C=O) groups excluding carboxylic acids is 1. The molecular formula is C24H41NO2. The van der Waals surface area contributed by atoms with Crippen molar-refractivity contribution in [1.82, 2.24) is 5.32 Å². The van der Waals surface area contributed by atoms with Gasteiger partial charge in [-0.3, -0.25) is 4.79 Å². The molecule has 2 atom stereocenters. The number of unbranched alkanes of at least 4 members (excludes halogenated alkanes) is 4. The molecule has 1 amide bonds. The molecule has 0 aliphatic rings. The standard InChI is InChI=1S/C24H41NO2/c1-4-5-6-12-15-18-22(2)19-16-13-10-8-7-9-11-14-17-20-24(27)25-23(3)21-26/h8-11,15-16,18-19,22-23,26H,4-7,12-14,17,20-21H2,1-3H3,(H,25,27)/b10-8-,11-9-,18-15-,19-16-/t22-,23+/m0/s1. The van der Waals surface area contributed by atoms with Gasteiger partial charge < -0.3 is 10.4 Å². The fourth-order valence-corrected chi connectivity index (χ4v) is 2.52. The first-order chi connectivity index (χ1) is 13.1. The number of aliphatic hydroxyl groups excluding tert-OH is 1. The van der Waals surface area contributed by atoms with Gasteiger partial charge in [0.25, 0.3) is 0 Å². The highest BCUT2D eigenvalue weighted by atomic mass is 16.3. The van der Waals surface area contributed by atoms with E-state index in [0.29, 0.717) is 12.3 Å². The van der Waals surface area contributed by atoms with E-state index >= 15 is 0 Å². The van der Waals surface area contributed by atoms with Crippen LogP contribution in [0.15, 0.2) is 48.6 Å². The van der Waals surface area contributed by atoms with Gasteiger partial charge >= 0.3 is 0 Å². The van der Waals surface area contributed by atoms with E-state index in [1.807, 2.05) is 0 Å². The number of hydrogen-bond donors (Lipinski definition) is 2. The first-order valence-electron chi connectivity index (χ1n) is 10.6. The predicted octanol–water partition coefficient (Wildman–Crippen LogP) is 5.88. The summed E-state index contributed by atoms with van der Waals surface area (Å²) in [4.78, 5) is 11.5. The van der Waals surface area contributed by atoms with Gasteiger partial charge in [-0.05, 0) is 51.4 Å². The first-order valence-corrected chi connectivity index (χ1v) is 10.6. The second kappa shape index (κ2) is 19.2. The van der Waals surface area contributed by atoms with Crippen molar-refractivity contribution in [2.75, 3.05) is 6.61 Å². The van der Waals surface area contributed by atoms with Crippen molar-refractivity contribution >= 4 is 5.91 Å². The molecule has 0 aliphatic carbocycles. The molecule has 0 aromatic heterocycles. The van der Waals surface area contributed by atoms with Gasteiger partial charge in [-0.2, -0.15) is 0 Å². The lowest BCUT2D eigenvalue weighted by molar-refractivity contribution is -0.122. The molecule has 0 aliphatic heterocycles. The van der Waals surface area contributed by atoms with Crippen LogP contribution in [0, 0.1) is 5.92 Å². The van der Waals surface area contributed by atoms with Crippen LogP contribution in [0.2, 0.25) is 0 Å². The summed E-state index contributed by atoms with van der Waals surface area (Å²) in [6.45, 7) is 6.25. The van der Waals surface area contributed by atoms with Crippen LogP contribution in [0.25, 0.3) is 0 Å². The molecule has 27 heavy (non-hydrogen) atoms. The Morgan fingerprint density at radius 1 is 0.889 bits per heavy atom. The third kappa shape index (κ3) is 19.0. The van der Waals surface area contributed by atoms with Crippen molar-refractivity contribution in [3.63, 3.8) is 0 Å². The SMILES string of the molecule is CCCCC/C=C\[C@H](C)/C=C\C/C=C\C/C=C\CCCC(=O)N[C@H](C)CO. The number of amides is 1. The van der Waals surface area contributed by atoms with Crippen molar-refractivity contribution in [2.45, 2.75) is 84.6 Å². The van der Waals surface area contributed by atoms with E-state index in [0.717, 1.165) is 25.7 Å². The van der Waals surface area contributed by atoms with Gasteiger partial charge in [-0.15, -0.1) is 0 Å². The number of allylic oxidation sites excluding steroid dienone is 8. The lowest BCUT2D eigenvalue weighted by Crippen LogP contribution is -2.34. The fraction of sp³-hybridized carbons (Fsp3) is 0.625. The zero-order valence-corrected chi connectivity index (χ0v) is 17.7. The summed E-state index contributed by atoms with van der Waals surface area (Å²) in [7, 11) is 0. The minimum atomic E-state index is -0.156. The molecule has 0 aromatic carbocycles. The van der Waals surface area contributed by atoms with Crippen LogP contribution >= 0.6 is 0 Å². The van der Waals surface area contributed by atoms with Gasteiger partial charge in [0.1, 0.15) is 0 Å².